The molecule has 0 aromatic rings. The Balaban J connectivity index is 3.28. The molecule has 4 nitrogen and oxygen atoms in total. The first kappa shape index (κ1) is 28.9. The lowest BCUT2D eigenvalue weighted by molar-refractivity contribution is 0.156. The predicted octanol–water partition coefficient (Wildman–Crippen LogP) is 7.45. The van der Waals surface area contributed by atoms with Crippen LogP contribution >= 0.6 is 0 Å². The molecule has 0 aliphatic rings. The van der Waals surface area contributed by atoms with Crippen LogP contribution in [0.4, 0.5) is 0 Å². The van der Waals surface area contributed by atoms with Crippen LogP contribution in [-0.4, -0.2) is 29.4 Å². The number of hydrogen-bond acceptors (Lipinski definition) is 3. The Hall–Kier alpha value is -0.130. The van der Waals surface area contributed by atoms with Gasteiger partial charge in [-0.1, -0.05) is 117 Å². The molecule has 0 aliphatic heterocycles. The molecule has 0 amide bonds. The zero-order valence-corrected chi connectivity index (χ0v) is 20.2. The van der Waals surface area contributed by atoms with Crippen molar-refractivity contribution >= 4 is 10.1 Å². The summed E-state index contributed by atoms with van der Waals surface area (Å²) in [6.45, 7) is 4.00. The highest BCUT2D eigenvalue weighted by Crippen LogP contribution is 2.18. The first-order valence-electron chi connectivity index (χ1n) is 12.6. The summed E-state index contributed by atoms with van der Waals surface area (Å²) in [6, 6.07) is 0. The first-order valence-corrected chi connectivity index (χ1v) is 14.1. The maximum atomic E-state index is 11.3. The number of rotatable bonds is 22. The number of unbranched alkanes of at least 4 members (excludes halogenated alkanes) is 14. The van der Waals surface area contributed by atoms with Gasteiger partial charge in [0.2, 0.25) is 0 Å². The molecule has 176 valence electrons. The second kappa shape index (κ2) is 19.8. The average Bonchev–Trinajstić information content (AvgIpc) is 2.68. The van der Waals surface area contributed by atoms with E-state index in [2.05, 4.69) is 0 Å². The van der Waals surface area contributed by atoms with Crippen molar-refractivity contribution in [3.05, 3.63) is 0 Å². The standard InChI is InChI=1S/C24H50O4S/c1-3-20-24(29(26,27)28)22-19-17-15-13-11-9-7-5-6-8-10-12-14-16-18-21-23(25)4-2/h23-25H,3-22H2,1-2H3,(H,26,27,28). The van der Waals surface area contributed by atoms with Gasteiger partial charge in [0.25, 0.3) is 10.1 Å². The number of hydrogen-bond donors (Lipinski definition) is 2. The fourth-order valence-corrected chi connectivity index (χ4v) is 5.02. The van der Waals surface area contributed by atoms with Gasteiger partial charge >= 0.3 is 0 Å². The molecule has 2 unspecified atom stereocenters. The summed E-state index contributed by atoms with van der Waals surface area (Å²) in [5.41, 5.74) is 0. The van der Waals surface area contributed by atoms with Crippen LogP contribution in [0.5, 0.6) is 0 Å². The minimum atomic E-state index is -3.86. The Labute approximate surface area is 182 Å². The molecule has 5 heteroatoms. The smallest absolute Gasteiger partial charge is 0.267 e. The third kappa shape index (κ3) is 19.6. The molecule has 2 N–H and O–H groups in total. The van der Waals surface area contributed by atoms with Crippen LogP contribution in [0.1, 0.15) is 142 Å². The minimum absolute atomic E-state index is 0.0850. The van der Waals surface area contributed by atoms with Gasteiger partial charge in [0.1, 0.15) is 0 Å². The van der Waals surface area contributed by atoms with Gasteiger partial charge in [-0.15, -0.1) is 0 Å². The van der Waals surface area contributed by atoms with Gasteiger partial charge in [-0.05, 0) is 25.7 Å². The van der Waals surface area contributed by atoms with Gasteiger partial charge in [-0.3, -0.25) is 4.55 Å². The summed E-state index contributed by atoms with van der Waals surface area (Å²) in [6.07, 6.45) is 22.7. The van der Waals surface area contributed by atoms with E-state index in [9.17, 15) is 18.1 Å². The van der Waals surface area contributed by atoms with Gasteiger partial charge in [0.05, 0.1) is 11.4 Å². The van der Waals surface area contributed by atoms with Crippen molar-refractivity contribution in [2.24, 2.45) is 0 Å². The Bertz CT molecular complexity index is 436. The SMILES string of the molecule is CCCC(CCCCCCCCCCCCCCCCCC(O)CC)S(=O)(=O)O. The van der Waals surface area contributed by atoms with Crippen LogP contribution < -0.4 is 0 Å². The fourth-order valence-electron chi connectivity index (χ4n) is 4.02. The summed E-state index contributed by atoms with van der Waals surface area (Å²) in [5.74, 6) is 0. The zero-order chi connectivity index (χ0) is 21.8. The van der Waals surface area contributed by atoms with Crippen molar-refractivity contribution in [3.8, 4) is 0 Å². The minimum Gasteiger partial charge on any atom is -0.393 e. The van der Waals surface area contributed by atoms with E-state index in [1.165, 1.54) is 83.5 Å². The molecule has 0 radical (unpaired) electrons. The molecule has 0 bridgehead atoms. The zero-order valence-electron chi connectivity index (χ0n) is 19.4. The topological polar surface area (TPSA) is 74.6 Å². The van der Waals surface area contributed by atoms with Crippen molar-refractivity contribution in [3.63, 3.8) is 0 Å². The maximum Gasteiger partial charge on any atom is 0.267 e. The predicted molar refractivity (Wildman–Crippen MR) is 125 cm³/mol. The van der Waals surface area contributed by atoms with Crippen LogP contribution in [0.3, 0.4) is 0 Å². The van der Waals surface area contributed by atoms with Gasteiger partial charge < -0.3 is 5.11 Å². The van der Waals surface area contributed by atoms with Crippen LogP contribution in [-0.2, 0) is 10.1 Å². The fraction of sp³-hybridized carbons (Fsp3) is 1.00. The van der Waals surface area contributed by atoms with E-state index >= 15 is 0 Å². The van der Waals surface area contributed by atoms with Crippen molar-refractivity contribution in [2.75, 3.05) is 0 Å². The summed E-state index contributed by atoms with van der Waals surface area (Å²) >= 11 is 0. The summed E-state index contributed by atoms with van der Waals surface area (Å²) < 4.78 is 31.8. The Kier molecular flexibility index (Phi) is 19.7. The number of aliphatic hydroxyl groups is 1. The third-order valence-electron chi connectivity index (χ3n) is 6.07. The Morgan fingerprint density at radius 2 is 0.931 bits per heavy atom. The van der Waals surface area contributed by atoms with E-state index in [0.717, 1.165) is 32.1 Å². The van der Waals surface area contributed by atoms with Crippen LogP contribution in [0, 0.1) is 0 Å². The summed E-state index contributed by atoms with van der Waals surface area (Å²) in [5, 5.41) is 8.96. The van der Waals surface area contributed by atoms with E-state index in [0.29, 0.717) is 12.8 Å². The van der Waals surface area contributed by atoms with Gasteiger partial charge in [-0.2, -0.15) is 8.42 Å². The normalized spacial score (nSPS) is 14.2. The molecule has 0 aliphatic carbocycles. The van der Waals surface area contributed by atoms with Crippen LogP contribution in [0.15, 0.2) is 0 Å². The van der Waals surface area contributed by atoms with Crippen LogP contribution in [0.2, 0.25) is 0 Å². The highest BCUT2D eigenvalue weighted by atomic mass is 32.2. The highest BCUT2D eigenvalue weighted by molar-refractivity contribution is 7.86. The van der Waals surface area contributed by atoms with E-state index in [1.54, 1.807) is 0 Å². The second-order valence-electron chi connectivity index (χ2n) is 8.87. The molecule has 0 aromatic carbocycles. The largest absolute Gasteiger partial charge is 0.393 e. The van der Waals surface area contributed by atoms with Gasteiger partial charge in [-0.25, -0.2) is 0 Å². The molecule has 0 spiro atoms. The van der Waals surface area contributed by atoms with E-state index in [4.69, 9.17) is 0 Å². The third-order valence-corrected chi connectivity index (χ3v) is 7.38. The molecule has 0 heterocycles. The molecule has 0 aromatic heterocycles. The second-order valence-corrected chi connectivity index (χ2v) is 10.6. The molecular weight excluding hydrogens is 384 g/mol. The summed E-state index contributed by atoms with van der Waals surface area (Å²) in [7, 11) is -3.86. The van der Waals surface area contributed by atoms with E-state index in [-0.39, 0.29) is 6.10 Å². The Morgan fingerprint density at radius 3 is 1.24 bits per heavy atom. The van der Waals surface area contributed by atoms with Crippen LogP contribution in [0.25, 0.3) is 0 Å². The molecule has 29 heavy (non-hydrogen) atoms. The van der Waals surface area contributed by atoms with Crippen molar-refractivity contribution in [2.45, 2.75) is 154 Å². The molecule has 0 saturated carbocycles. The highest BCUT2D eigenvalue weighted by Gasteiger charge is 2.20. The van der Waals surface area contributed by atoms with E-state index < -0.39 is 15.4 Å². The number of aliphatic hydroxyl groups excluding tert-OH is 1. The quantitative estimate of drug-likeness (QED) is 0.137. The van der Waals surface area contributed by atoms with Crippen molar-refractivity contribution in [1.29, 1.82) is 0 Å². The average molecular weight is 435 g/mol. The first-order chi connectivity index (χ1) is 13.9. The lowest BCUT2D eigenvalue weighted by Crippen LogP contribution is -2.20. The molecule has 0 saturated heterocycles. The van der Waals surface area contributed by atoms with Gasteiger partial charge in [0.15, 0.2) is 0 Å². The van der Waals surface area contributed by atoms with Crippen molar-refractivity contribution in [1.82, 2.24) is 0 Å². The lowest BCUT2D eigenvalue weighted by Gasteiger charge is -2.12. The lowest BCUT2D eigenvalue weighted by atomic mass is 10.0. The molecular formula is C24H50O4S. The Morgan fingerprint density at radius 1 is 0.586 bits per heavy atom. The molecule has 0 fully saturated rings. The van der Waals surface area contributed by atoms with Crippen molar-refractivity contribution < 1.29 is 18.1 Å². The maximum absolute atomic E-state index is 11.3. The summed E-state index contributed by atoms with van der Waals surface area (Å²) in [4.78, 5) is 0. The molecule has 0 rings (SSSR count). The molecule has 2 atom stereocenters. The van der Waals surface area contributed by atoms with Gasteiger partial charge in [0, 0.05) is 0 Å². The van der Waals surface area contributed by atoms with E-state index in [1.807, 2.05) is 13.8 Å². The monoisotopic (exact) mass is 434 g/mol.